The summed E-state index contributed by atoms with van der Waals surface area (Å²) < 4.78 is 5.24. The van der Waals surface area contributed by atoms with Gasteiger partial charge in [-0.1, -0.05) is 0 Å². The summed E-state index contributed by atoms with van der Waals surface area (Å²) >= 11 is 0. The van der Waals surface area contributed by atoms with Gasteiger partial charge in [0, 0.05) is 19.5 Å². The van der Waals surface area contributed by atoms with Crippen molar-refractivity contribution in [2.45, 2.75) is 26.0 Å². The monoisotopic (exact) mass is 195 g/mol. The molecule has 0 spiro atoms. The predicted molar refractivity (Wildman–Crippen MR) is 55.5 cm³/mol. The summed E-state index contributed by atoms with van der Waals surface area (Å²) in [6.45, 7) is 4.00. The van der Waals surface area contributed by atoms with Crippen LogP contribution in [-0.4, -0.2) is 18.2 Å². The van der Waals surface area contributed by atoms with Crippen LogP contribution in [0.3, 0.4) is 0 Å². The van der Waals surface area contributed by atoms with E-state index in [1.165, 1.54) is 0 Å². The third-order valence-electron chi connectivity index (χ3n) is 2.44. The van der Waals surface area contributed by atoms with Crippen molar-refractivity contribution < 1.29 is 4.74 Å². The van der Waals surface area contributed by atoms with Crippen LogP contribution in [0.25, 0.3) is 0 Å². The van der Waals surface area contributed by atoms with Crippen LogP contribution in [0, 0.1) is 6.92 Å². The second-order valence-corrected chi connectivity index (χ2v) is 3.32. The normalized spacial score (nSPS) is 15.1. The van der Waals surface area contributed by atoms with Crippen LogP contribution in [0.1, 0.15) is 24.1 Å². The highest BCUT2D eigenvalue weighted by atomic mass is 16.5. The van der Waals surface area contributed by atoms with E-state index in [0.29, 0.717) is 0 Å². The number of pyridine rings is 1. The van der Waals surface area contributed by atoms with Crippen molar-refractivity contribution in [2.75, 3.05) is 7.11 Å². The van der Waals surface area contributed by atoms with Gasteiger partial charge in [0.2, 0.25) is 0 Å². The lowest BCUT2D eigenvalue weighted by Gasteiger charge is -2.23. The molecule has 2 atom stereocenters. The summed E-state index contributed by atoms with van der Waals surface area (Å²) in [5, 5.41) is 0. The minimum atomic E-state index is -0.0197. The molecule has 14 heavy (non-hydrogen) atoms. The lowest BCUT2D eigenvalue weighted by atomic mass is 10.0. The Hall–Kier alpha value is -0.970. The van der Waals surface area contributed by atoms with Crippen LogP contribution in [0.2, 0.25) is 0 Å². The second-order valence-electron chi connectivity index (χ2n) is 3.32. The van der Waals surface area contributed by atoms with E-state index in [9.17, 15) is 0 Å². The highest BCUT2D eigenvalue weighted by molar-refractivity contribution is 5.25. The van der Waals surface area contributed by atoms with Crippen molar-refractivity contribution in [3.05, 3.63) is 29.6 Å². The zero-order valence-corrected chi connectivity index (χ0v) is 8.82. The van der Waals surface area contributed by atoms with Crippen molar-refractivity contribution in [2.24, 2.45) is 5.84 Å². The number of nitrogens with two attached hydrogens (primary N) is 1. The molecule has 0 bridgehead atoms. The van der Waals surface area contributed by atoms with E-state index in [1.54, 1.807) is 13.3 Å². The van der Waals surface area contributed by atoms with Crippen LogP contribution < -0.4 is 11.3 Å². The van der Waals surface area contributed by atoms with E-state index in [2.05, 4.69) is 10.4 Å². The van der Waals surface area contributed by atoms with E-state index in [0.717, 1.165) is 11.1 Å². The summed E-state index contributed by atoms with van der Waals surface area (Å²) in [6.07, 6.45) is 3.60. The number of nitrogens with one attached hydrogen (secondary N) is 1. The van der Waals surface area contributed by atoms with E-state index in [4.69, 9.17) is 10.6 Å². The number of methoxy groups -OCH3 is 1. The lowest BCUT2D eigenvalue weighted by molar-refractivity contribution is 0.0827. The maximum absolute atomic E-state index is 5.49. The molecule has 0 aliphatic carbocycles. The zero-order chi connectivity index (χ0) is 10.6. The molecule has 0 aliphatic rings. The summed E-state index contributed by atoms with van der Waals surface area (Å²) in [7, 11) is 1.67. The Bertz CT molecular complexity index is 290. The summed E-state index contributed by atoms with van der Waals surface area (Å²) in [5.41, 5.74) is 4.98. The number of ether oxygens (including phenoxy) is 1. The van der Waals surface area contributed by atoms with Gasteiger partial charge < -0.3 is 4.74 Å². The number of nitrogens with zero attached hydrogens (tertiary/aromatic N) is 1. The van der Waals surface area contributed by atoms with Crippen LogP contribution in [-0.2, 0) is 4.74 Å². The van der Waals surface area contributed by atoms with Gasteiger partial charge in [0.1, 0.15) is 0 Å². The number of rotatable bonds is 4. The van der Waals surface area contributed by atoms with Gasteiger partial charge in [-0.2, -0.15) is 0 Å². The second kappa shape index (κ2) is 5.05. The molecule has 0 saturated carbocycles. The molecule has 0 radical (unpaired) electrons. The maximum Gasteiger partial charge on any atom is 0.0751 e. The van der Waals surface area contributed by atoms with Crippen molar-refractivity contribution >= 4 is 0 Å². The van der Waals surface area contributed by atoms with E-state index in [1.807, 2.05) is 26.1 Å². The van der Waals surface area contributed by atoms with Crippen LogP contribution >= 0.6 is 0 Å². The average molecular weight is 195 g/mol. The molecule has 1 aromatic rings. The Morgan fingerprint density at radius 2 is 2.29 bits per heavy atom. The molecule has 2 unspecified atom stereocenters. The Kier molecular flexibility index (Phi) is 4.00. The predicted octanol–water partition coefficient (Wildman–Crippen LogP) is 0.929. The first-order valence-electron chi connectivity index (χ1n) is 4.60. The molecule has 1 rings (SSSR count). The van der Waals surface area contributed by atoms with E-state index < -0.39 is 0 Å². The summed E-state index contributed by atoms with van der Waals surface area (Å²) in [4.78, 5) is 4.08. The minimum Gasteiger partial charge on any atom is -0.380 e. The van der Waals surface area contributed by atoms with Crippen molar-refractivity contribution in [3.63, 3.8) is 0 Å². The van der Waals surface area contributed by atoms with Crippen LogP contribution in [0.5, 0.6) is 0 Å². The zero-order valence-electron chi connectivity index (χ0n) is 8.82. The smallest absolute Gasteiger partial charge is 0.0751 e. The van der Waals surface area contributed by atoms with Crippen molar-refractivity contribution in [1.82, 2.24) is 10.4 Å². The molecule has 1 aromatic heterocycles. The first-order valence-corrected chi connectivity index (χ1v) is 4.60. The first kappa shape index (κ1) is 11.1. The standard InChI is InChI=1S/C10H17N3O/c1-7-4-5-12-6-9(7)10(13-11)8(2)14-3/h4-6,8,10,13H,11H2,1-3H3. The van der Waals surface area contributed by atoms with Gasteiger partial charge >= 0.3 is 0 Å². The molecule has 4 nitrogen and oxygen atoms in total. The quantitative estimate of drug-likeness (QED) is 0.554. The molecule has 0 fully saturated rings. The number of aromatic nitrogens is 1. The fourth-order valence-electron chi connectivity index (χ4n) is 1.42. The fraction of sp³-hybridized carbons (Fsp3) is 0.500. The molecule has 1 heterocycles. The van der Waals surface area contributed by atoms with Gasteiger partial charge in [0.05, 0.1) is 12.1 Å². The van der Waals surface area contributed by atoms with Gasteiger partial charge in [-0.3, -0.25) is 16.3 Å². The molecule has 0 aromatic carbocycles. The highest BCUT2D eigenvalue weighted by Gasteiger charge is 2.19. The van der Waals surface area contributed by atoms with Gasteiger partial charge in [-0.05, 0) is 31.0 Å². The molecule has 0 aliphatic heterocycles. The number of aryl methyl sites for hydroxylation is 1. The van der Waals surface area contributed by atoms with Gasteiger partial charge in [-0.15, -0.1) is 0 Å². The Morgan fingerprint density at radius 3 is 2.79 bits per heavy atom. The van der Waals surface area contributed by atoms with Crippen LogP contribution in [0.4, 0.5) is 0 Å². The Balaban J connectivity index is 2.94. The number of hydrogen-bond donors (Lipinski definition) is 2. The number of hydrazine groups is 1. The topological polar surface area (TPSA) is 60.2 Å². The van der Waals surface area contributed by atoms with Gasteiger partial charge in [-0.25, -0.2) is 0 Å². The van der Waals surface area contributed by atoms with E-state index in [-0.39, 0.29) is 12.1 Å². The van der Waals surface area contributed by atoms with Gasteiger partial charge in [0.15, 0.2) is 0 Å². The Labute approximate surface area is 84.4 Å². The highest BCUT2D eigenvalue weighted by Crippen LogP contribution is 2.20. The molecule has 4 heteroatoms. The largest absolute Gasteiger partial charge is 0.380 e. The minimum absolute atomic E-state index is 0.0166. The molecule has 78 valence electrons. The lowest BCUT2D eigenvalue weighted by Crippen LogP contribution is -2.36. The summed E-state index contributed by atoms with van der Waals surface area (Å²) in [5.74, 6) is 5.49. The third kappa shape index (κ3) is 2.29. The van der Waals surface area contributed by atoms with Crippen LogP contribution in [0.15, 0.2) is 18.5 Å². The fourth-order valence-corrected chi connectivity index (χ4v) is 1.42. The van der Waals surface area contributed by atoms with Crippen molar-refractivity contribution in [3.8, 4) is 0 Å². The SMILES string of the molecule is COC(C)C(NN)c1cnccc1C. The molecular weight excluding hydrogens is 178 g/mol. The average Bonchev–Trinajstić information content (AvgIpc) is 2.21. The third-order valence-corrected chi connectivity index (χ3v) is 2.44. The number of hydrogen-bond acceptors (Lipinski definition) is 4. The van der Waals surface area contributed by atoms with E-state index >= 15 is 0 Å². The van der Waals surface area contributed by atoms with Crippen molar-refractivity contribution in [1.29, 1.82) is 0 Å². The molecular formula is C10H17N3O. The maximum atomic E-state index is 5.49. The molecule has 0 amide bonds. The molecule has 0 saturated heterocycles. The summed E-state index contributed by atoms with van der Waals surface area (Å²) in [6, 6.07) is 1.94. The van der Waals surface area contributed by atoms with Gasteiger partial charge in [0.25, 0.3) is 0 Å². The first-order chi connectivity index (χ1) is 6.70. The molecule has 3 N–H and O–H groups in total. The Morgan fingerprint density at radius 1 is 1.57 bits per heavy atom.